The van der Waals surface area contributed by atoms with Crippen molar-refractivity contribution in [3.63, 3.8) is 0 Å². The van der Waals surface area contributed by atoms with Crippen molar-refractivity contribution in [3.8, 4) is 0 Å². The van der Waals surface area contributed by atoms with Crippen molar-refractivity contribution in [2.75, 3.05) is 19.6 Å². The maximum Gasteiger partial charge on any atom is 0.250 e. The molecule has 2 saturated heterocycles. The van der Waals surface area contributed by atoms with E-state index in [0.717, 1.165) is 37.9 Å². The molecule has 0 aliphatic carbocycles. The van der Waals surface area contributed by atoms with E-state index in [9.17, 15) is 9.59 Å². The Labute approximate surface area is 132 Å². The Morgan fingerprint density at radius 3 is 2.59 bits per heavy atom. The minimum absolute atomic E-state index is 0.0887. The van der Waals surface area contributed by atoms with Gasteiger partial charge in [0.05, 0.1) is 0 Å². The van der Waals surface area contributed by atoms with Gasteiger partial charge in [-0.1, -0.05) is 37.3 Å². The van der Waals surface area contributed by atoms with Crippen LogP contribution in [0.5, 0.6) is 0 Å². The molecule has 0 saturated carbocycles. The fraction of sp³-hybridized carbons (Fsp3) is 0.556. The molecule has 2 heterocycles. The summed E-state index contributed by atoms with van der Waals surface area (Å²) in [5.74, 6) is 0.754. The van der Waals surface area contributed by atoms with Crippen LogP contribution in [0.4, 0.5) is 0 Å². The predicted molar refractivity (Wildman–Crippen MR) is 85.1 cm³/mol. The molecule has 2 fully saturated rings. The van der Waals surface area contributed by atoms with E-state index in [1.165, 1.54) is 0 Å². The third-order valence-electron chi connectivity index (χ3n) is 4.76. The van der Waals surface area contributed by atoms with Crippen molar-refractivity contribution in [1.29, 1.82) is 0 Å². The Kier molecular flexibility index (Phi) is 4.46. The van der Waals surface area contributed by atoms with Gasteiger partial charge in [0.2, 0.25) is 11.8 Å². The van der Waals surface area contributed by atoms with Gasteiger partial charge in [-0.25, -0.2) is 0 Å². The van der Waals surface area contributed by atoms with Gasteiger partial charge in [0.25, 0.3) is 0 Å². The molecule has 4 nitrogen and oxygen atoms in total. The van der Waals surface area contributed by atoms with Crippen molar-refractivity contribution < 1.29 is 9.59 Å². The van der Waals surface area contributed by atoms with E-state index in [4.69, 9.17) is 0 Å². The second-order valence-corrected chi connectivity index (χ2v) is 6.54. The fourth-order valence-electron chi connectivity index (χ4n) is 3.50. The molecule has 0 aromatic heterocycles. The Morgan fingerprint density at radius 1 is 1.18 bits per heavy atom. The van der Waals surface area contributed by atoms with Crippen LogP contribution in [0.2, 0.25) is 0 Å². The zero-order chi connectivity index (χ0) is 15.5. The van der Waals surface area contributed by atoms with E-state index in [-0.39, 0.29) is 11.8 Å². The summed E-state index contributed by atoms with van der Waals surface area (Å²) in [5.41, 5.74) is 0.933. The third-order valence-corrected chi connectivity index (χ3v) is 4.76. The molecule has 4 heteroatoms. The molecule has 22 heavy (non-hydrogen) atoms. The highest BCUT2D eigenvalue weighted by Crippen LogP contribution is 2.29. The van der Waals surface area contributed by atoms with Crippen molar-refractivity contribution >= 4 is 11.8 Å². The number of likely N-dealkylation sites (tertiary alicyclic amines) is 2. The molecule has 118 valence electrons. The minimum atomic E-state index is -0.445. The summed E-state index contributed by atoms with van der Waals surface area (Å²) in [6.07, 6.45) is 3.54. The molecule has 1 aromatic carbocycles. The van der Waals surface area contributed by atoms with Gasteiger partial charge in [-0.15, -0.1) is 0 Å². The topological polar surface area (TPSA) is 40.6 Å². The molecule has 2 amide bonds. The second kappa shape index (κ2) is 6.51. The van der Waals surface area contributed by atoms with Crippen LogP contribution in [0.25, 0.3) is 0 Å². The highest BCUT2D eigenvalue weighted by molar-refractivity contribution is 5.89. The standard InChI is InChI=1S/C18H24N2O2/c1-14-10-12-19(13-14)18(22)17(15-7-3-2-4-8-15)20-11-6-5-9-16(20)21/h2-4,7-8,14,17H,5-6,9-13H2,1H3. The molecule has 2 unspecified atom stereocenters. The number of piperidine rings is 1. The molecule has 2 aliphatic rings. The first-order valence-electron chi connectivity index (χ1n) is 8.30. The maximum atomic E-state index is 13.1. The van der Waals surface area contributed by atoms with Crippen LogP contribution < -0.4 is 0 Å². The molecule has 0 radical (unpaired) electrons. The molecular formula is C18H24N2O2. The Morgan fingerprint density at radius 2 is 1.95 bits per heavy atom. The highest BCUT2D eigenvalue weighted by atomic mass is 16.2. The van der Waals surface area contributed by atoms with Crippen molar-refractivity contribution in [1.82, 2.24) is 9.80 Å². The number of nitrogens with zero attached hydrogens (tertiary/aromatic N) is 2. The van der Waals surface area contributed by atoms with Crippen LogP contribution in [0.15, 0.2) is 30.3 Å². The van der Waals surface area contributed by atoms with E-state index in [2.05, 4.69) is 6.92 Å². The average Bonchev–Trinajstić information content (AvgIpc) is 2.97. The summed E-state index contributed by atoms with van der Waals surface area (Å²) in [6, 6.07) is 9.31. The fourth-order valence-corrected chi connectivity index (χ4v) is 3.50. The van der Waals surface area contributed by atoms with Crippen LogP contribution in [-0.2, 0) is 9.59 Å². The van der Waals surface area contributed by atoms with E-state index in [1.807, 2.05) is 35.2 Å². The van der Waals surface area contributed by atoms with Crippen molar-refractivity contribution in [3.05, 3.63) is 35.9 Å². The van der Waals surface area contributed by atoms with Crippen LogP contribution in [-0.4, -0.2) is 41.2 Å². The largest absolute Gasteiger partial charge is 0.340 e. The van der Waals surface area contributed by atoms with Gasteiger partial charge in [0.15, 0.2) is 0 Å². The third kappa shape index (κ3) is 3.01. The summed E-state index contributed by atoms with van der Waals surface area (Å²) in [4.78, 5) is 29.1. The second-order valence-electron chi connectivity index (χ2n) is 6.54. The maximum absolute atomic E-state index is 13.1. The SMILES string of the molecule is CC1CCN(C(=O)C(c2ccccc2)N2CCCCC2=O)C1. The Bertz CT molecular complexity index is 543. The van der Waals surface area contributed by atoms with Gasteiger partial charge in [-0.2, -0.15) is 0 Å². The lowest BCUT2D eigenvalue weighted by atomic mass is 10.00. The van der Waals surface area contributed by atoms with Crippen LogP contribution in [0.3, 0.4) is 0 Å². The average molecular weight is 300 g/mol. The molecular weight excluding hydrogens is 276 g/mol. The first-order valence-corrected chi connectivity index (χ1v) is 8.30. The summed E-state index contributed by atoms with van der Waals surface area (Å²) >= 11 is 0. The summed E-state index contributed by atoms with van der Waals surface area (Å²) in [5, 5.41) is 0. The van der Waals surface area contributed by atoms with Crippen molar-refractivity contribution in [2.45, 2.75) is 38.6 Å². The lowest BCUT2D eigenvalue weighted by molar-refractivity contribution is -0.147. The number of hydrogen-bond acceptors (Lipinski definition) is 2. The van der Waals surface area contributed by atoms with E-state index in [1.54, 1.807) is 4.90 Å². The lowest BCUT2D eigenvalue weighted by Gasteiger charge is -2.36. The molecule has 2 atom stereocenters. The summed E-state index contributed by atoms with van der Waals surface area (Å²) in [7, 11) is 0. The molecule has 3 rings (SSSR count). The zero-order valence-electron chi connectivity index (χ0n) is 13.2. The molecule has 0 spiro atoms. The van der Waals surface area contributed by atoms with Gasteiger partial charge in [0.1, 0.15) is 6.04 Å². The van der Waals surface area contributed by atoms with Gasteiger partial charge in [-0.05, 0) is 30.7 Å². The van der Waals surface area contributed by atoms with E-state index >= 15 is 0 Å². The highest BCUT2D eigenvalue weighted by Gasteiger charge is 2.36. The molecule has 0 N–H and O–H groups in total. The first-order chi connectivity index (χ1) is 10.7. The molecule has 0 bridgehead atoms. The number of amides is 2. The van der Waals surface area contributed by atoms with Crippen LogP contribution in [0.1, 0.15) is 44.2 Å². The van der Waals surface area contributed by atoms with Gasteiger partial charge < -0.3 is 9.80 Å². The summed E-state index contributed by atoms with van der Waals surface area (Å²) in [6.45, 7) is 4.49. The Balaban J connectivity index is 1.89. The molecule has 2 aliphatic heterocycles. The van der Waals surface area contributed by atoms with E-state index < -0.39 is 6.04 Å². The van der Waals surface area contributed by atoms with Crippen LogP contribution >= 0.6 is 0 Å². The van der Waals surface area contributed by atoms with Gasteiger partial charge in [-0.3, -0.25) is 9.59 Å². The smallest absolute Gasteiger partial charge is 0.250 e. The van der Waals surface area contributed by atoms with Crippen LogP contribution in [0, 0.1) is 5.92 Å². The molecule has 1 aromatic rings. The number of hydrogen-bond donors (Lipinski definition) is 0. The number of carbonyl (C=O) groups excluding carboxylic acids is 2. The predicted octanol–water partition coefficient (Wildman–Crippen LogP) is 2.61. The first kappa shape index (κ1) is 15.1. The number of carbonyl (C=O) groups is 2. The normalized spacial score (nSPS) is 23.7. The minimum Gasteiger partial charge on any atom is -0.340 e. The van der Waals surface area contributed by atoms with E-state index in [0.29, 0.717) is 18.9 Å². The van der Waals surface area contributed by atoms with Crippen molar-refractivity contribution in [2.24, 2.45) is 5.92 Å². The van der Waals surface area contributed by atoms with Gasteiger partial charge in [0, 0.05) is 26.1 Å². The monoisotopic (exact) mass is 300 g/mol. The number of benzene rings is 1. The summed E-state index contributed by atoms with van der Waals surface area (Å²) < 4.78 is 0. The lowest BCUT2D eigenvalue weighted by Crippen LogP contribution is -2.46. The zero-order valence-corrected chi connectivity index (χ0v) is 13.2. The quantitative estimate of drug-likeness (QED) is 0.861. The number of rotatable bonds is 3. The van der Waals surface area contributed by atoms with Gasteiger partial charge >= 0.3 is 0 Å². The Hall–Kier alpha value is -1.84.